The molecule has 70 valence electrons. The Bertz CT molecular complexity index is 269. The number of thioether (sulfide) groups is 1. The van der Waals surface area contributed by atoms with Crippen LogP contribution in [0.3, 0.4) is 0 Å². The lowest BCUT2D eigenvalue weighted by Gasteiger charge is -2.08. The fraction of sp³-hybridized carbons (Fsp3) is 0.364. The summed E-state index contributed by atoms with van der Waals surface area (Å²) in [6, 6.07) is 9.90. The van der Waals surface area contributed by atoms with Crippen LogP contribution in [0, 0.1) is 0 Å². The molecule has 0 aliphatic rings. The lowest BCUT2D eigenvalue weighted by molar-refractivity contribution is -0.111. The van der Waals surface area contributed by atoms with E-state index in [1.54, 1.807) is 0 Å². The molecule has 0 fully saturated rings. The van der Waals surface area contributed by atoms with Crippen molar-refractivity contribution in [2.45, 2.75) is 19.8 Å². The summed E-state index contributed by atoms with van der Waals surface area (Å²) < 4.78 is 0. The molecule has 1 aromatic rings. The van der Waals surface area contributed by atoms with E-state index < -0.39 is 0 Å². The molecule has 0 amide bonds. The van der Waals surface area contributed by atoms with Gasteiger partial charge in [-0.15, -0.1) is 0 Å². The van der Waals surface area contributed by atoms with Crippen LogP contribution in [0.4, 0.5) is 0 Å². The highest BCUT2D eigenvalue weighted by Gasteiger charge is 2.13. The molecule has 0 saturated heterocycles. The quantitative estimate of drug-likeness (QED) is 0.735. The van der Waals surface area contributed by atoms with Gasteiger partial charge < -0.3 is 0 Å². The predicted octanol–water partition coefficient (Wildman–Crippen LogP) is 3.07. The van der Waals surface area contributed by atoms with Gasteiger partial charge >= 0.3 is 0 Å². The van der Waals surface area contributed by atoms with E-state index in [1.165, 1.54) is 11.8 Å². The van der Waals surface area contributed by atoms with E-state index in [2.05, 4.69) is 0 Å². The molecule has 1 rings (SSSR count). The molecule has 1 aromatic carbocycles. The van der Waals surface area contributed by atoms with Crippen LogP contribution in [0.15, 0.2) is 30.3 Å². The Hall–Kier alpha value is -0.760. The number of hydrogen-bond acceptors (Lipinski definition) is 2. The van der Waals surface area contributed by atoms with Crippen LogP contribution >= 0.6 is 11.8 Å². The molecular weight excluding hydrogens is 180 g/mol. The van der Waals surface area contributed by atoms with Crippen LogP contribution in [0.5, 0.6) is 0 Å². The molecule has 0 N–H and O–H groups in total. The van der Waals surface area contributed by atoms with Gasteiger partial charge in [0.05, 0.1) is 5.92 Å². The van der Waals surface area contributed by atoms with Gasteiger partial charge in [0.15, 0.2) is 5.12 Å². The molecule has 0 aromatic heterocycles. The maximum atomic E-state index is 11.5. The van der Waals surface area contributed by atoms with Crippen molar-refractivity contribution in [2.24, 2.45) is 0 Å². The fourth-order valence-corrected chi connectivity index (χ4v) is 1.82. The van der Waals surface area contributed by atoms with Crippen molar-refractivity contribution >= 4 is 16.9 Å². The minimum atomic E-state index is 0.0196. The number of hydrogen-bond donors (Lipinski definition) is 0. The molecule has 0 bridgehead atoms. The van der Waals surface area contributed by atoms with Crippen molar-refractivity contribution in [3.8, 4) is 0 Å². The number of carbonyl (C=O) groups is 1. The summed E-state index contributed by atoms with van der Waals surface area (Å²) in [6.45, 7) is 3.96. The van der Waals surface area contributed by atoms with Crippen LogP contribution in [-0.4, -0.2) is 10.9 Å². The van der Waals surface area contributed by atoms with Crippen LogP contribution in [-0.2, 0) is 4.79 Å². The Balaban J connectivity index is 2.68. The van der Waals surface area contributed by atoms with Crippen LogP contribution < -0.4 is 0 Å². The molecule has 2 heteroatoms. The largest absolute Gasteiger partial charge is 0.287 e. The Morgan fingerprint density at radius 1 is 1.38 bits per heavy atom. The Labute approximate surface area is 83.5 Å². The lowest BCUT2D eigenvalue weighted by atomic mass is 10.0. The number of benzene rings is 1. The minimum Gasteiger partial charge on any atom is -0.287 e. The lowest BCUT2D eigenvalue weighted by Crippen LogP contribution is -2.04. The molecule has 0 aliphatic carbocycles. The monoisotopic (exact) mass is 194 g/mol. The van der Waals surface area contributed by atoms with Crippen LogP contribution in [0.2, 0.25) is 0 Å². The Morgan fingerprint density at radius 2 is 2.00 bits per heavy atom. The summed E-state index contributed by atoms with van der Waals surface area (Å²) >= 11 is 1.40. The first-order chi connectivity index (χ1) is 6.25. The molecule has 1 nitrogen and oxygen atoms in total. The molecule has 0 aliphatic heterocycles. The highest BCUT2D eigenvalue weighted by Crippen LogP contribution is 2.21. The highest BCUT2D eigenvalue weighted by atomic mass is 32.2. The zero-order valence-electron chi connectivity index (χ0n) is 7.99. The van der Waals surface area contributed by atoms with Crippen molar-refractivity contribution in [1.82, 2.24) is 0 Å². The molecule has 0 unspecified atom stereocenters. The molecule has 0 heterocycles. The molecule has 0 radical (unpaired) electrons. The van der Waals surface area contributed by atoms with Gasteiger partial charge in [0.2, 0.25) is 0 Å². The summed E-state index contributed by atoms with van der Waals surface area (Å²) in [5, 5.41) is 0.258. The summed E-state index contributed by atoms with van der Waals surface area (Å²) in [7, 11) is 0. The Morgan fingerprint density at radius 3 is 2.54 bits per heavy atom. The maximum Gasteiger partial charge on any atom is 0.196 e. The van der Waals surface area contributed by atoms with Gasteiger partial charge in [0, 0.05) is 0 Å². The van der Waals surface area contributed by atoms with E-state index in [9.17, 15) is 4.79 Å². The molecule has 0 spiro atoms. The van der Waals surface area contributed by atoms with Crippen LogP contribution in [0.25, 0.3) is 0 Å². The van der Waals surface area contributed by atoms with E-state index in [0.29, 0.717) is 0 Å². The second kappa shape index (κ2) is 5.07. The highest BCUT2D eigenvalue weighted by molar-refractivity contribution is 8.13. The second-order valence-corrected chi connectivity index (χ2v) is 4.15. The zero-order valence-corrected chi connectivity index (χ0v) is 8.80. The van der Waals surface area contributed by atoms with E-state index in [1.807, 2.05) is 44.2 Å². The van der Waals surface area contributed by atoms with E-state index in [-0.39, 0.29) is 11.0 Å². The van der Waals surface area contributed by atoms with Crippen molar-refractivity contribution in [2.75, 3.05) is 5.75 Å². The SMILES string of the molecule is CCSC(=O)[C@@H](C)c1ccccc1. The third-order valence-corrected chi connectivity index (χ3v) is 2.87. The van der Waals surface area contributed by atoms with Gasteiger partial charge in [0.25, 0.3) is 0 Å². The predicted molar refractivity (Wildman–Crippen MR) is 58.0 cm³/mol. The summed E-state index contributed by atoms with van der Waals surface area (Å²) in [5.74, 6) is 0.877. The summed E-state index contributed by atoms with van der Waals surface area (Å²) in [6.07, 6.45) is 0. The maximum absolute atomic E-state index is 11.5. The van der Waals surface area contributed by atoms with E-state index in [4.69, 9.17) is 0 Å². The van der Waals surface area contributed by atoms with E-state index in [0.717, 1.165) is 11.3 Å². The molecule has 0 saturated carbocycles. The fourth-order valence-electron chi connectivity index (χ4n) is 1.15. The molecule has 1 atom stereocenters. The van der Waals surface area contributed by atoms with Crippen LogP contribution in [0.1, 0.15) is 25.3 Å². The van der Waals surface area contributed by atoms with Gasteiger partial charge in [-0.2, -0.15) is 0 Å². The van der Waals surface area contributed by atoms with Gasteiger partial charge in [-0.05, 0) is 11.3 Å². The summed E-state index contributed by atoms with van der Waals surface area (Å²) in [5.41, 5.74) is 1.11. The topological polar surface area (TPSA) is 17.1 Å². The molecule has 13 heavy (non-hydrogen) atoms. The third kappa shape index (κ3) is 2.88. The van der Waals surface area contributed by atoms with Gasteiger partial charge in [-0.1, -0.05) is 55.9 Å². The zero-order chi connectivity index (χ0) is 9.68. The van der Waals surface area contributed by atoms with Crippen molar-refractivity contribution in [3.05, 3.63) is 35.9 Å². The number of rotatable bonds is 3. The minimum absolute atomic E-state index is 0.0196. The van der Waals surface area contributed by atoms with Gasteiger partial charge in [-0.25, -0.2) is 0 Å². The first kappa shape index (κ1) is 10.3. The Kier molecular flexibility index (Phi) is 4.03. The normalized spacial score (nSPS) is 12.5. The van der Waals surface area contributed by atoms with Gasteiger partial charge in [-0.3, -0.25) is 4.79 Å². The third-order valence-electron chi connectivity index (χ3n) is 1.94. The van der Waals surface area contributed by atoms with E-state index >= 15 is 0 Å². The van der Waals surface area contributed by atoms with Gasteiger partial charge in [0.1, 0.15) is 0 Å². The molecular formula is C11H14OS. The first-order valence-corrected chi connectivity index (χ1v) is 5.46. The van der Waals surface area contributed by atoms with Crippen molar-refractivity contribution in [3.63, 3.8) is 0 Å². The number of carbonyl (C=O) groups excluding carboxylic acids is 1. The van der Waals surface area contributed by atoms with Crippen molar-refractivity contribution in [1.29, 1.82) is 0 Å². The average molecular weight is 194 g/mol. The first-order valence-electron chi connectivity index (χ1n) is 4.47. The van der Waals surface area contributed by atoms with Crippen molar-refractivity contribution < 1.29 is 4.79 Å². The average Bonchev–Trinajstić information content (AvgIpc) is 2.18. The second-order valence-electron chi connectivity index (χ2n) is 2.88. The smallest absolute Gasteiger partial charge is 0.196 e. The summed E-state index contributed by atoms with van der Waals surface area (Å²) in [4.78, 5) is 11.5. The standard InChI is InChI=1S/C11H14OS/c1-3-13-11(12)9(2)10-7-5-4-6-8-10/h4-9H,3H2,1-2H3/t9-/m0/s1.